The van der Waals surface area contributed by atoms with Crippen LogP contribution in [0.25, 0.3) is 0 Å². The summed E-state index contributed by atoms with van der Waals surface area (Å²) in [6.45, 7) is 2.10. The van der Waals surface area contributed by atoms with Gasteiger partial charge in [-0.2, -0.15) is 0 Å². The Morgan fingerprint density at radius 1 is 1.33 bits per heavy atom. The zero-order valence-electron chi connectivity index (χ0n) is 14.2. The van der Waals surface area contributed by atoms with Crippen molar-refractivity contribution in [3.63, 3.8) is 0 Å². The van der Waals surface area contributed by atoms with Crippen molar-refractivity contribution >= 4 is 11.7 Å². The predicted octanol–water partition coefficient (Wildman–Crippen LogP) is 4.20. The minimum atomic E-state index is -0.984. The predicted molar refractivity (Wildman–Crippen MR) is 92.1 cm³/mol. The molecule has 0 bridgehead atoms. The van der Waals surface area contributed by atoms with Crippen molar-refractivity contribution in [2.45, 2.75) is 51.4 Å². The Hall–Kier alpha value is -1.84. The van der Waals surface area contributed by atoms with Crippen LogP contribution in [0.2, 0.25) is 0 Å². The fourth-order valence-electron chi connectivity index (χ4n) is 5.62. The zero-order valence-corrected chi connectivity index (χ0v) is 14.2. The highest BCUT2D eigenvalue weighted by Gasteiger charge is 2.51. The number of hydrogen-bond donors (Lipinski definition) is 1. The van der Waals surface area contributed by atoms with Crippen molar-refractivity contribution < 1.29 is 14.7 Å². The Balaban J connectivity index is 1.69. The lowest BCUT2D eigenvalue weighted by atomic mass is 9.55. The van der Waals surface area contributed by atoms with Gasteiger partial charge in [0.05, 0.1) is 5.71 Å². The van der Waals surface area contributed by atoms with E-state index in [2.05, 4.69) is 30.3 Å². The molecule has 0 radical (unpaired) electrons. The molecule has 2 saturated carbocycles. The lowest BCUT2D eigenvalue weighted by Crippen LogP contribution is -2.41. The summed E-state index contributed by atoms with van der Waals surface area (Å²) in [7, 11) is 0. The highest BCUT2D eigenvalue weighted by Crippen LogP contribution is 2.60. The quantitative estimate of drug-likeness (QED) is 0.847. The monoisotopic (exact) mass is 327 g/mol. The molecule has 2 fully saturated rings. The Bertz CT molecular complexity index is 683. The molecular formula is C20H25NO3. The van der Waals surface area contributed by atoms with E-state index < -0.39 is 5.97 Å². The van der Waals surface area contributed by atoms with Crippen molar-refractivity contribution in [1.29, 1.82) is 0 Å². The van der Waals surface area contributed by atoms with Crippen LogP contribution in [-0.2, 0) is 9.63 Å². The van der Waals surface area contributed by atoms with Gasteiger partial charge in [0.15, 0.2) is 0 Å². The molecule has 0 heterocycles. The van der Waals surface area contributed by atoms with E-state index in [0.717, 1.165) is 23.6 Å². The summed E-state index contributed by atoms with van der Waals surface area (Å²) in [5.74, 6) is 1.01. The van der Waals surface area contributed by atoms with Crippen molar-refractivity contribution in [3.8, 4) is 0 Å². The molecule has 4 unspecified atom stereocenters. The van der Waals surface area contributed by atoms with Gasteiger partial charge >= 0.3 is 5.97 Å². The number of nitrogens with zero attached hydrogens (tertiary/aromatic N) is 1. The van der Waals surface area contributed by atoms with E-state index >= 15 is 0 Å². The van der Waals surface area contributed by atoms with Crippen LogP contribution in [0.4, 0.5) is 0 Å². The largest absolute Gasteiger partial charge is 0.479 e. The van der Waals surface area contributed by atoms with E-state index in [-0.39, 0.29) is 6.61 Å². The normalized spacial score (nSPS) is 35.9. The number of carboxylic acids is 1. The first-order valence-corrected chi connectivity index (χ1v) is 9.08. The van der Waals surface area contributed by atoms with Gasteiger partial charge in [-0.15, -0.1) is 0 Å². The van der Waals surface area contributed by atoms with Gasteiger partial charge in [0, 0.05) is 5.56 Å². The second kappa shape index (κ2) is 5.91. The summed E-state index contributed by atoms with van der Waals surface area (Å²) in [4.78, 5) is 15.8. The molecule has 3 aliphatic carbocycles. The van der Waals surface area contributed by atoms with E-state index in [1.807, 2.05) is 6.07 Å². The average Bonchev–Trinajstić information content (AvgIpc) is 2.96. The number of benzene rings is 1. The minimum absolute atomic E-state index is 0.374. The van der Waals surface area contributed by atoms with Gasteiger partial charge in [0.1, 0.15) is 0 Å². The first-order chi connectivity index (χ1) is 11.6. The SMILES string of the molecule is CC12CCCC1C1C/C(=N\OCC(=O)O)c3ccccc3C1CC2. The average molecular weight is 327 g/mol. The van der Waals surface area contributed by atoms with Crippen LogP contribution in [-0.4, -0.2) is 23.4 Å². The Morgan fingerprint density at radius 3 is 3.00 bits per heavy atom. The molecule has 0 aliphatic heterocycles. The second-order valence-corrected chi connectivity index (χ2v) is 7.96. The summed E-state index contributed by atoms with van der Waals surface area (Å²) in [6, 6.07) is 8.49. The van der Waals surface area contributed by atoms with E-state index in [4.69, 9.17) is 9.94 Å². The summed E-state index contributed by atoms with van der Waals surface area (Å²) >= 11 is 0. The molecule has 4 heteroatoms. The van der Waals surface area contributed by atoms with Crippen LogP contribution in [0.1, 0.15) is 62.5 Å². The van der Waals surface area contributed by atoms with E-state index in [1.54, 1.807) is 0 Å². The molecule has 0 aromatic heterocycles. The maximum absolute atomic E-state index is 10.7. The number of hydrogen-bond acceptors (Lipinski definition) is 3. The Labute approximate surface area is 142 Å². The third kappa shape index (κ3) is 2.52. The maximum atomic E-state index is 10.7. The van der Waals surface area contributed by atoms with Crippen LogP contribution in [0.5, 0.6) is 0 Å². The third-order valence-corrected chi connectivity index (χ3v) is 6.68. The first-order valence-electron chi connectivity index (χ1n) is 9.08. The summed E-state index contributed by atoms with van der Waals surface area (Å²) < 4.78 is 0. The lowest BCUT2D eigenvalue weighted by molar-refractivity contribution is -0.142. The molecule has 1 aromatic carbocycles. The van der Waals surface area contributed by atoms with Gasteiger partial charge < -0.3 is 9.94 Å². The highest BCUT2D eigenvalue weighted by atomic mass is 16.6. The molecule has 3 aliphatic rings. The van der Waals surface area contributed by atoms with E-state index in [1.165, 1.54) is 37.7 Å². The van der Waals surface area contributed by atoms with Crippen LogP contribution >= 0.6 is 0 Å². The van der Waals surface area contributed by atoms with E-state index in [9.17, 15) is 4.79 Å². The van der Waals surface area contributed by atoms with Gasteiger partial charge in [-0.25, -0.2) is 4.79 Å². The Morgan fingerprint density at radius 2 is 2.17 bits per heavy atom. The van der Waals surface area contributed by atoms with Crippen LogP contribution < -0.4 is 0 Å². The number of carbonyl (C=O) groups is 1. The molecule has 4 nitrogen and oxygen atoms in total. The highest BCUT2D eigenvalue weighted by molar-refractivity contribution is 6.03. The van der Waals surface area contributed by atoms with Gasteiger partial charge in [0.2, 0.25) is 6.61 Å². The smallest absolute Gasteiger partial charge is 0.344 e. The number of aliphatic carboxylic acids is 1. The van der Waals surface area contributed by atoms with E-state index in [0.29, 0.717) is 17.3 Å². The number of carboxylic acid groups (broad SMARTS) is 1. The maximum Gasteiger partial charge on any atom is 0.344 e. The van der Waals surface area contributed by atoms with Crippen molar-refractivity contribution in [3.05, 3.63) is 35.4 Å². The first kappa shape index (κ1) is 15.7. The van der Waals surface area contributed by atoms with Crippen LogP contribution in [0, 0.1) is 17.3 Å². The fourth-order valence-corrected chi connectivity index (χ4v) is 5.62. The molecule has 1 aromatic rings. The third-order valence-electron chi connectivity index (χ3n) is 6.68. The fraction of sp³-hybridized carbons (Fsp3) is 0.600. The summed E-state index contributed by atoms with van der Waals surface area (Å²) in [5, 5.41) is 13.0. The van der Waals surface area contributed by atoms with Crippen molar-refractivity contribution in [1.82, 2.24) is 0 Å². The Kier molecular flexibility index (Phi) is 3.86. The van der Waals surface area contributed by atoms with Gasteiger partial charge in [-0.3, -0.25) is 0 Å². The van der Waals surface area contributed by atoms with Crippen molar-refractivity contribution in [2.75, 3.05) is 6.61 Å². The van der Waals surface area contributed by atoms with Crippen LogP contribution in [0.15, 0.2) is 29.4 Å². The second-order valence-electron chi connectivity index (χ2n) is 7.96. The lowest BCUT2D eigenvalue weighted by Gasteiger charge is -2.49. The molecule has 0 amide bonds. The van der Waals surface area contributed by atoms with Gasteiger partial charge in [0.25, 0.3) is 0 Å². The summed E-state index contributed by atoms with van der Waals surface area (Å²) in [6.07, 6.45) is 7.52. The number of fused-ring (bicyclic) bond motifs is 5. The zero-order chi connectivity index (χ0) is 16.7. The molecule has 1 N–H and O–H groups in total. The number of rotatable bonds is 3. The minimum Gasteiger partial charge on any atom is -0.479 e. The van der Waals surface area contributed by atoms with Crippen molar-refractivity contribution in [2.24, 2.45) is 22.4 Å². The molecule has 0 saturated heterocycles. The molecular weight excluding hydrogens is 302 g/mol. The molecule has 4 rings (SSSR count). The van der Waals surface area contributed by atoms with Gasteiger partial charge in [-0.1, -0.05) is 42.8 Å². The van der Waals surface area contributed by atoms with Crippen LogP contribution in [0.3, 0.4) is 0 Å². The standard InChI is InChI=1S/C20H25NO3/c1-20-9-4-7-17(20)16-11-18(21-24-12-19(22)23)15-6-3-2-5-13(15)14(16)8-10-20/h2-3,5-6,14,16-17H,4,7-12H2,1H3,(H,22,23)/b21-18+. The molecule has 24 heavy (non-hydrogen) atoms. The summed E-state index contributed by atoms with van der Waals surface area (Å²) in [5.41, 5.74) is 3.97. The molecule has 0 spiro atoms. The topological polar surface area (TPSA) is 58.9 Å². The molecule has 4 atom stereocenters. The molecule has 128 valence electrons. The van der Waals surface area contributed by atoms with Gasteiger partial charge in [-0.05, 0) is 60.8 Å². The number of oxime groups is 1.